The number of amides is 2. The molecule has 0 saturated carbocycles. The van der Waals surface area contributed by atoms with E-state index in [1.807, 2.05) is 0 Å². The lowest BCUT2D eigenvalue weighted by Gasteiger charge is -2.35. The Labute approximate surface area is 139 Å². The lowest BCUT2D eigenvalue weighted by atomic mass is 10.1. The molecule has 0 aromatic carbocycles. The van der Waals surface area contributed by atoms with Crippen molar-refractivity contribution in [3.63, 3.8) is 0 Å². The first-order valence-corrected chi connectivity index (χ1v) is 7.61. The SMILES string of the molecule is CC(C)[C@H](N)C(=O)ON1C(=O)N([C@H]2C[C](O)[C@H](CO)O2)CC=C1N. The number of urea groups is 1. The number of hydrogen-bond donors (Lipinski definition) is 4. The minimum Gasteiger partial charge on any atom is -0.394 e. The number of carbonyl (C=O) groups is 2. The van der Waals surface area contributed by atoms with Gasteiger partial charge in [-0.05, 0) is 12.0 Å². The molecule has 0 aromatic rings. The van der Waals surface area contributed by atoms with Gasteiger partial charge in [-0.3, -0.25) is 4.90 Å². The lowest BCUT2D eigenvalue weighted by Crippen LogP contribution is -2.54. The summed E-state index contributed by atoms with van der Waals surface area (Å²) < 4.78 is 5.41. The number of carbonyl (C=O) groups excluding carboxylic acids is 2. The summed E-state index contributed by atoms with van der Waals surface area (Å²) in [5.41, 5.74) is 11.4. The van der Waals surface area contributed by atoms with Gasteiger partial charge in [-0.15, -0.1) is 5.06 Å². The van der Waals surface area contributed by atoms with Crippen LogP contribution < -0.4 is 11.5 Å². The van der Waals surface area contributed by atoms with E-state index in [2.05, 4.69) is 0 Å². The Morgan fingerprint density at radius 3 is 2.75 bits per heavy atom. The zero-order chi connectivity index (χ0) is 18.0. The highest BCUT2D eigenvalue weighted by molar-refractivity contribution is 5.81. The second-order valence-electron chi connectivity index (χ2n) is 6.00. The minimum absolute atomic E-state index is 0.0366. The fourth-order valence-corrected chi connectivity index (χ4v) is 2.29. The Bertz CT molecular complexity index is 525. The molecule has 0 aromatic heterocycles. The highest BCUT2D eigenvalue weighted by atomic mass is 16.7. The molecule has 0 unspecified atom stereocenters. The van der Waals surface area contributed by atoms with Crippen molar-refractivity contribution in [1.29, 1.82) is 0 Å². The Balaban J connectivity index is 2.08. The van der Waals surface area contributed by atoms with Gasteiger partial charge in [-0.2, -0.15) is 0 Å². The van der Waals surface area contributed by atoms with Crippen molar-refractivity contribution in [1.82, 2.24) is 9.96 Å². The molecule has 1 saturated heterocycles. The Morgan fingerprint density at radius 2 is 2.21 bits per heavy atom. The van der Waals surface area contributed by atoms with Gasteiger partial charge in [0.2, 0.25) is 0 Å². The second kappa shape index (κ2) is 7.34. The van der Waals surface area contributed by atoms with Gasteiger partial charge >= 0.3 is 12.0 Å². The van der Waals surface area contributed by atoms with Crippen LogP contribution in [0, 0.1) is 12.0 Å². The molecule has 1 fully saturated rings. The summed E-state index contributed by atoms with van der Waals surface area (Å²) in [5, 5.41) is 19.5. The summed E-state index contributed by atoms with van der Waals surface area (Å²) in [4.78, 5) is 30.8. The van der Waals surface area contributed by atoms with Crippen LogP contribution in [0.15, 0.2) is 11.9 Å². The molecular weight excluding hydrogens is 320 g/mol. The number of aliphatic hydroxyl groups excluding tert-OH is 2. The molecule has 0 bridgehead atoms. The van der Waals surface area contributed by atoms with Crippen LogP contribution in [0.3, 0.4) is 0 Å². The summed E-state index contributed by atoms with van der Waals surface area (Å²) in [6.07, 6.45) is -0.168. The quantitative estimate of drug-likeness (QED) is 0.495. The smallest absolute Gasteiger partial charge is 0.361 e. The third-order valence-corrected chi connectivity index (χ3v) is 3.91. The van der Waals surface area contributed by atoms with Crippen molar-refractivity contribution in [2.24, 2.45) is 17.4 Å². The molecule has 135 valence electrons. The number of nitrogens with two attached hydrogens (primary N) is 2. The molecule has 10 heteroatoms. The molecule has 2 rings (SSSR count). The van der Waals surface area contributed by atoms with Crippen molar-refractivity contribution in [2.45, 2.75) is 38.6 Å². The van der Waals surface area contributed by atoms with E-state index in [4.69, 9.17) is 26.1 Å². The van der Waals surface area contributed by atoms with Crippen LogP contribution in [-0.4, -0.2) is 63.7 Å². The van der Waals surface area contributed by atoms with E-state index in [9.17, 15) is 14.7 Å². The van der Waals surface area contributed by atoms with Gasteiger partial charge < -0.3 is 31.3 Å². The molecule has 3 atom stereocenters. The molecule has 24 heavy (non-hydrogen) atoms. The second-order valence-corrected chi connectivity index (χ2v) is 6.00. The van der Waals surface area contributed by atoms with Crippen molar-refractivity contribution in [3.8, 4) is 0 Å². The van der Waals surface area contributed by atoms with Crippen LogP contribution in [0.5, 0.6) is 0 Å². The molecular formula is C14H23N4O6. The van der Waals surface area contributed by atoms with Crippen molar-refractivity contribution in [3.05, 3.63) is 18.0 Å². The van der Waals surface area contributed by atoms with Crippen molar-refractivity contribution in [2.75, 3.05) is 13.2 Å². The van der Waals surface area contributed by atoms with Crippen LogP contribution in [0.2, 0.25) is 0 Å². The number of rotatable bonds is 5. The van der Waals surface area contributed by atoms with E-state index in [-0.39, 0.29) is 30.8 Å². The van der Waals surface area contributed by atoms with Gasteiger partial charge in [0.15, 0.2) is 0 Å². The third kappa shape index (κ3) is 3.61. The van der Waals surface area contributed by atoms with E-state index < -0.39 is 37.0 Å². The van der Waals surface area contributed by atoms with Gasteiger partial charge in [-0.1, -0.05) is 13.8 Å². The topological polar surface area (TPSA) is 152 Å². The maximum absolute atomic E-state index is 12.5. The van der Waals surface area contributed by atoms with Gasteiger partial charge in [0, 0.05) is 13.0 Å². The number of hydrogen-bond acceptors (Lipinski definition) is 8. The monoisotopic (exact) mass is 343 g/mol. The lowest BCUT2D eigenvalue weighted by molar-refractivity contribution is -0.178. The van der Waals surface area contributed by atoms with Crippen LogP contribution in [-0.2, 0) is 14.4 Å². The third-order valence-electron chi connectivity index (χ3n) is 3.91. The molecule has 0 spiro atoms. The number of ether oxygens (including phenoxy) is 1. The van der Waals surface area contributed by atoms with Crippen molar-refractivity contribution < 1.29 is 29.4 Å². The molecule has 2 aliphatic rings. The number of nitrogens with zero attached hydrogens (tertiary/aromatic N) is 2. The molecule has 2 aliphatic heterocycles. The normalized spacial score (nSPS) is 26.8. The van der Waals surface area contributed by atoms with E-state index in [1.165, 1.54) is 11.0 Å². The van der Waals surface area contributed by atoms with Gasteiger partial charge in [0.25, 0.3) is 0 Å². The summed E-state index contributed by atoms with van der Waals surface area (Å²) in [6, 6.07) is -1.62. The van der Waals surface area contributed by atoms with Gasteiger partial charge in [0.1, 0.15) is 30.3 Å². The molecule has 2 heterocycles. The van der Waals surface area contributed by atoms with E-state index >= 15 is 0 Å². The first-order valence-electron chi connectivity index (χ1n) is 7.61. The molecule has 6 N–H and O–H groups in total. The maximum Gasteiger partial charge on any atom is 0.361 e. The molecule has 1 radical (unpaired) electrons. The molecule has 2 amide bonds. The highest BCUT2D eigenvalue weighted by Crippen LogP contribution is 2.30. The first kappa shape index (κ1) is 18.5. The summed E-state index contributed by atoms with van der Waals surface area (Å²) in [6.45, 7) is 3.21. The Morgan fingerprint density at radius 1 is 1.54 bits per heavy atom. The standard InChI is InChI=1S/C14H23N4O6/c1-7(2)12(16)13(21)24-18-10(15)3-4-17(14(18)22)11-5-8(20)9(6-19)23-11/h3,7,9,11-12,19-20H,4-6,15-16H2,1-2H3/t9-,11+,12-/m0/s1. The van der Waals surface area contributed by atoms with Crippen molar-refractivity contribution >= 4 is 12.0 Å². The van der Waals surface area contributed by atoms with E-state index in [1.54, 1.807) is 13.8 Å². The number of aliphatic hydroxyl groups is 2. The predicted octanol–water partition coefficient (Wildman–Crippen LogP) is -1.02. The zero-order valence-electron chi connectivity index (χ0n) is 13.6. The van der Waals surface area contributed by atoms with Crippen LogP contribution in [0.4, 0.5) is 4.79 Å². The van der Waals surface area contributed by atoms with Gasteiger partial charge in [0.05, 0.1) is 6.61 Å². The van der Waals surface area contributed by atoms with Crippen LogP contribution >= 0.6 is 0 Å². The molecule has 0 aliphatic carbocycles. The summed E-state index contributed by atoms with van der Waals surface area (Å²) >= 11 is 0. The summed E-state index contributed by atoms with van der Waals surface area (Å²) in [5.74, 6) is -0.995. The first-order chi connectivity index (χ1) is 11.3. The predicted molar refractivity (Wildman–Crippen MR) is 80.7 cm³/mol. The maximum atomic E-state index is 12.5. The van der Waals surface area contributed by atoms with E-state index in [0.29, 0.717) is 5.06 Å². The summed E-state index contributed by atoms with van der Waals surface area (Å²) in [7, 11) is 0. The fraction of sp³-hybridized carbons (Fsp3) is 0.643. The van der Waals surface area contributed by atoms with E-state index in [0.717, 1.165) is 0 Å². The highest BCUT2D eigenvalue weighted by Gasteiger charge is 2.43. The average Bonchev–Trinajstić information content (AvgIpc) is 2.90. The number of hydroxylamine groups is 2. The van der Waals surface area contributed by atoms with Gasteiger partial charge in [-0.25, -0.2) is 9.59 Å². The van der Waals surface area contributed by atoms with Crippen LogP contribution in [0.25, 0.3) is 0 Å². The Kier molecular flexibility index (Phi) is 5.65. The minimum atomic E-state index is -0.903. The average molecular weight is 343 g/mol. The fourth-order valence-electron chi connectivity index (χ4n) is 2.29. The molecule has 10 nitrogen and oxygen atoms in total. The zero-order valence-corrected chi connectivity index (χ0v) is 13.6. The largest absolute Gasteiger partial charge is 0.394 e. The van der Waals surface area contributed by atoms with Crippen LogP contribution in [0.1, 0.15) is 20.3 Å². The Hall–Kier alpha value is -1.88.